The van der Waals surface area contributed by atoms with Crippen molar-refractivity contribution in [2.45, 2.75) is 31.3 Å². The minimum atomic E-state index is -0.609. The van der Waals surface area contributed by atoms with E-state index >= 15 is 0 Å². The number of alkyl halides is 1. The van der Waals surface area contributed by atoms with Crippen LogP contribution in [0.25, 0.3) is 0 Å². The second kappa shape index (κ2) is 6.68. The monoisotopic (exact) mass is 350 g/mol. The van der Waals surface area contributed by atoms with Crippen molar-refractivity contribution in [2.75, 3.05) is 11.0 Å². The third-order valence-electron chi connectivity index (χ3n) is 2.96. The van der Waals surface area contributed by atoms with Gasteiger partial charge in [0.2, 0.25) is 0 Å². The molecule has 17 heavy (non-hydrogen) atoms. The van der Waals surface area contributed by atoms with E-state index in [-0.39, 0.29) is 12.2 Å². The van der Waals surface area contributed by atoms with Gasteiger partial charge in [0.05, 0.1) is 0 Å². The number of halogens is 1. The predicted molar refractivity (Wildman–Crippen MR) is 61.6 cm³/mol. The summed E-state index contributed by atoms with van der Waals surface area (Å²) in [6.07, 6.45) is -0.238. The average molecular weight is 350 g/mol. The molecule has 0 radical (unpaired) electrons. The first-order chi connectivity index (χ1) is 8.81. The molecule has 1 N–H and O–H groups in total. The second-order valence-electron chi connectivity index (χ2n) is 4.18. The van der Waals surface area contributed by atoms with Crippen molar-refractivity contribution < 1.29 is 37.0 Å². The van der Waals surface area contributed by atoms with Crippen molar-refractivity contribution in [3.63, 3.8) is 0 Å². The van der Waals surface area contributed by atoms with Gasteiger partial charge in [0.25, 0.3) is 0 Å². The van der Waals surface area contributed by atoms with E-state index in [4.69, 9.17) is 10.1 Å². The molecule has 4 heteroatoms. The first-order valence-corrected chi connectivity index (χ1v) is 7.35. The zero-order valence-corrected chi connectivity index (χ0v) is 11.7. The van der Waals surface area contributed by atoms with Crippen LogP contribution in [0.4, 0.5) is 0 Å². The molecule has 0 unspecified atom stereocenters. The topological polar surface area (TPSA) is 38.7 Å². The van der Waals surface area contributed by atoms with Crippen LogP contribution in [0.5, 0.6) is 0 Å². The van der Waals surface area contributed by atoms with Crippen LogP contribution in [0, 0.1) is 0 Å². The quantitative estimate of drug-likeness (QED) is 0.494. The zero-order chi connectivity index (χ0) is 12.8. The molecule has 1 saturated heterocycles. The summed E-state index contributed by atoms with van der Waals surface area (Å²) >= 11 is -0.609. The van der Waals surface area contributed by atoms with Crippen molar-refractivity contribution in [3.8, 4) is 0 Å². The SMILES string of the molecule is [2H][I-]C[C@H]1OCC[C@@H](OCc2ccccc2)[C@@H]1O. The molecule has 0 amide bonds. The summed E-state index contributed by atoms with van der Waals surface area (Å²) in [5, 5.41) is 10.1. The van der Waals surface area contributed by atoms with Crippen molar-refractivity contribution >= 4 is 0 Å². The molecule has 1 aliphatic rings. The molecule has 3 atom stereocenters. The van der Waals surface area contributed by atoms with E-state index in [9.17, 15) is 5.11 Å². The molecule has 0 aliphatic carbocycles. The third kappa shape index (κ3) is 3.64. The first kappa shape index (κ1) is 11.9. The van der Waals surface area contributed by atoms with Crippen LogP contribution in [0.2, 0.25) is 0 Å². The third-order valence-corrected chi connectivity index (χ3v) is 3.82. The van der Waals surface area contributed by atoms with E-state index in [1.165, 1.54) is 0 Å². The molecule has 0 aromatic heterocycles. The average Bonchev–Trinajstić information content (AvgIpc) is 2.41. The van der Waals surface area contributed by atoms with Crippen LogP contribution in [-0.4, -0.2) is 35.0 Å². The first-order valence-electron chi connectivity index (χ1n) is 6.20. The second-order valence-corrected chi connectivity index (χ2v) is 5.06. The van der Waals surface area contributed by atoms with Gasteiger partial charge in [-0.3, -0.25) is 0 Å². The Labute approximate surface area is 116 Å². The number of rotatable bonds is 5. The van der Waals surface area contributed by atoms with E-state index in [1.807, 2.05) is 30.3 Å². The molecule has 96 valence electrons. The molecule has 1 aromatic carbocycles. The van der Waals surface area contributed by atoms with E-state index in [0.29, 0.717) is 17.6 Å². The van der Waals surface area contributed by atoms with Gasteiger partial charge in [-0.25, -0.2) is 0 Å². The summed E-state index contributed by atoms with van der Waals surface area (Å²) in [7, 11) is 0. The van der Waals surface area contributed by atoms with Crippen LogP contribution in [0.1, 0.15) is 12.0 Å². The van der Waals surface area contributed by atoms with Crippen LogP contribution < -0.4 is 22.4 Å². The van der Waals surface area contributed by atoms with E-state index < -0.39 is 28.5 Å². The summed E-state index contributed by atoms with van der Waals surface area (Å²) in [5.74, 6) is 0. The van der Waals surface area contributed by atoms with E-state index in [2.05, 4.69) is 0 Å². The Morgan fingerprint density at radius 2 is 2.29 bits per heavy atom. The van der Waals surface area contributed by atoms with Gasteiger partial charge in [-0.05, 0) is 0 Å². The van der Waals surface area contributed by atoms with Gasteiger partial charge in [-0.1, -0.05) is 0 Å². The maximum atomic E-state index is 10.1. The predicted octanol–water partition coefficient (Wildman–Crippen LogP) is -1.99. The molecule has 1 aliphatic heterocycles. The summed E-state index contributed by atoms with van der Waals surface area (Å²) < 4.78 is 19.3. The van der Waals surface area contributed by atoms with Crippen molar-refractivity contribution in [3.05, 3.63) is 35.9 Å². The fourth-order valence-corrected chi connectivity index (χ4v) is 2.71. The normalized spacial score (nSPS) is 30.2. The number of benzene rings is 1. The molecule has 2 rings (SSSR count). The number of aliphatic hydroxyl groups excluding tert-OH is 1. The summed E-state index contributed by atoms with van der Waals surface area (Å²) in [5.41, 5.74) is 1.11. The van der Waals surface area contributed by atoms with Gasteiger partial charge in [-0.15, -0.1) is 0 Å². The van der Waals surface area contributed by atoms with Crippen LogP contribution >= 0.6 is 0 Å². The van der Waals surface area contributed by atoms with E-state index in [0.717, 1.165) is 12.0 Å². The minimum absolute atomic E-state index is 0.167. The van der Waals surface area contributed by atoms with Crippen LogP contribution in [-0.2, 0) is 16.1 Å². The Kier molecular flexibility index (Phi) is 4.67. The van der Waals surface area contributed by atoms with Crippen molar-refractivity contribution in [1.29, 1.82) is 0.594 Å². The standard InChI is InChI=1S/C13H18IO3/c14-8-12-13(15)11(6-7-16-12)17-9-10-4-2-1-3-5-10/h1-5,11-15H,6-9H2/q-1/t11-,12-,13+/m1/s1/i14D. The Morgan fingerprint density at radius 3 is 3.06 bits per heavy atom. The fourth-order valence-electron chi connectivity index (χ4n) is 1.94. The number of hydrogen-bond donors (Lipinski definition) is 1. The van der Waals surface area contributed by atoms with Crippen LogP contribution in [0.15, 0.2) is 30.3 Å². The van der Waals surface area contributed by atoms with Crippen molar-refractivity contribution in [1.82, 2.24) is 0 Å². The Bertz CT molecular complexity index is 347. The van der Waals surface area contributed by atoms with Gasteiger partial charge >= 0.3 is 116 Å². The Hall–Kier alpha value is -0.170. The van der Waals surface area contributed by atoms with Gasteiger partial charge in [0, 0.05) is 0 Å². The zero-order valence-electron chi connectivity index (χ0n) is 10.6. The number of aliphatic hydroxyl groups is 1. The summed E-state index contributed by atoms with van der Waals surface area (Å²) in [4.78, 5) is 0. The summed E-state index contributed by atoms with van der Waals surface area (Å²) in [6.45, 7) is 1.14. The van der Waals surface area contributed by atoms with Gasteiger partial charge in [-0.2, -0.15) is 0 Å². The molecule has 0 saturated carbocycles. The molecule has 0 spiro atoms. The van der Waals surface area contributed by atoms with E-state index in [1.54, 1.807) is 0 Å². The molecule has 1 aromatic rings. The molecular formula is C13H18IO3-. The Balaban J connectivity index is 1.85. The molecule has 1 heterocycles. The summed E-state index contributed by atoms with van der Waals surface area (Å²) in [6, 6.07) is 9.95. The molecule has 0 bridgehead atoms. The van der Waals surface area contributed by atoms with Crippen LogP contribution in [0.3, 0.4) is 0 Å². The fraction of sp³-hybridized carbons (Fsp3) is 0.538. The van der Waals surface area contributed by atoms with Gasteiger partial charge in [0.1, 0.15) is 0 Å². The molecule has 1 fully saturated rings. The maximum absolute atomic E-state index is 10.1. The number of ether oxygens (including phenoxy) is 2. The number of hydrogen-bond acceptors (Lipinski definition) is 3. The van der Waals surface area contributed by atoms with Crippen molar-refractivity contribution in [2.24, 2.45) is 0 Å². The molecule has 3 nitrogen and oxygen atoms in total. The van der Waals surface area contributed by atoms with Gasteiger partial charge < -0.3 is 0 Å². The molecular weight excluding hydrogens is 331 g/mol. The Morgan fingerprint density at radius 1 is 1.47 bits per heavy atom. The van der Waals surface area contributed by atoms with Gasteiger partial charge in [0.15, 0.2) is 0 Å².